The third kappa shape index (κ3) is 2.94. The normalized spacial score (nSPS) is 20.4. The van der Waals surface area contributed by atoms with Crippen molar-refractivity contribution in [3.63, 3.8) is 0 Å². The van der Waals surface area contributed by atoms with E-state index in [1.165, 1.54) is 18.3 Å². The summed E-state index contributed by atoms with van der Waals surface area (Å²) in [6.07, 6.45) is 3.59. The number of nitrogens with one attached hydrogen (secondary N) is 1. The maximum absolute atomic E-state index is 12.2. The summed E-state index contributed by atoms with van der Waals surface area (Å²) < 4.78 is 26.9. The second-order valence-corrected chi connectivity index (χ2v) is 6.89. The molecule has 2 N–H and O–H groups in total. The third-order valence-electron chi connectivity index (χ3n) is 3.64. The van der Waals surface area contributed by atoms with Gasteiger partial charge in [0.05, 0.1) is 22.7 Å². The van der Waals surface area contributed by atoms with Gasteiger partial charge in [0.2, 0.25) is 0 Å². The van der Waals surface area contributed by atoms with Crippen LogP contribution in [0.25, 0.3) is 0 Å². The van der Waals surface area contributed by atoms with Gasteiger partial charge in [-0.25, -0.2) is 8.42 Å². The van der Waals surface area contributed by atoms with E-state index in [1.807, 2.05) is 0 Å². The zero-order valence-corrected chi connectivity index (χ0v) is 12.3. The smallest absolute Gasteiger partial charge is 0.307 e. The number of sulfonamides is 1. The van der Waals surface area contributed by atoms with Crippen molar-refractivity contribution in [1.82, 2.24) is 4.98 Å². The number of anilines is 1. The first kappa shape index (κ1) is 14.5. The van der Waals surface area contributed by atoms with Crippen LogP contribution in [0.2, 0.25) is 0 Å². The van der Waals surface area contributed by atoms with Crippen LogP contribution in [0.3, 0.4) is 0 Å². The lowest BCUT2D eigenvalue weighted by Gasteiger charge is -2.08. The maximum Gasteiger partial charge on any atom is 0.307 e. The van der Waals surface area contributed by atoms with Crippen molar-refractivity contribution in [2.24, 2.45) is 5.92 Å². The SMILES string of the molecule is O=C(O)[C@@H]1C[C@H]1c1ccc(S(=O)(=O)Nc2cccnc2)cc1. The van der Waals surface area contributed by atoms with Gasteiger partial charge in [0.1, 0.15) is 0 Å². The van der Waals surface area contributed by atoms with Crippen molar-refractivity contribution >= 4 is 21.7 Å². The summed E-state index contributed by atoms with van der Waals surface area (Å²) in [4.78, 5) is 14.8. The molecular formula is C15H14N2O4S. The highest BCUT2D eigenvalue weighted by Gasteiger charge is 2.44. The highest BCUT2D eigenvalue weighted by Crippen LogP contribution is 2.47. The number of carbonyl (C=O) groups is 1. The number of nitrogens with zero attached hydrogens (tertiary/aromatic N) is 1. The van der Waals surface area contributed by atoms with Crippen LogP contribution in [-0.2, 0) is 14.8 Å². The van der Waals surface area contributed by atoms with Gasteiger partial charge in [-0.1, -0.05) is 12.1 Å². The number of carboxylic acids is 1. The van der Waals surface area contributed by atoms with E-state index in [2.05, 4.69) is 9.71 Å². The number of rotatable bonds is 5. The first-order valence-electron chi connectivity index (χ1n) is 6.73. The highest BCUT2D eigenvalue weighted by atomic mass is 32.2. The van der Waals surface area contributed by atoms with Gasteiger partial charge in [-0.3, -0.25) is 14.5 Å². The average Bonchev–Trinajstić information content (AvgIpc) is 3.29. The van der Waals surface area contributed by atoms with Crippen LogP contribution in [0, 0.1) is 5.92 Å². The van der Waals surface area contributed by atoms with E-state index in [4.69, 9.17) is 5.11 Å². The van der Waals surface area contributed by atoms with E-state index < -0.39 is 16.0 Å². The molecule has 0 spiro atoms. The van der Waals surface area contributed by atoms with Crippen molar-refractivity contribution in [1.29, 1.82) is 0 Å². The minimum absolute atomic E-state index is 0.0134. The fourth-order valence-corrected chi connectivity index (χ4v) is 3.41. The van der Waals surface area contributed by atoms with Crippen molar-refractivity contribution < 1.29 is 18.3 Å². The van der Waals surface area contributed by atoms with Crippen LogP contribution in [0.5, 0.6) is 0 Å². The van der Waals surface area contributed by atoms with Gasteiger partial charge < -0.3 is 5.11 Å². The summed E-state index contributed by atoms with van der Waals surface area (Å²) in [5.74, 6) is -1.17. The van der Waals surface area contributed by atoms with Crippen molar-refractivity contribution in [3.8, 4) is 0 Å². The molecule has 1 saturated carbocycles. The first-order valence-corrected chi connectivity index (χ1v) is 8.21. The Labute approximate surface area is 127 Å². The molecule has 7 heteroatoms. The minimum atomic E-state index is -3.67. The lowest BCUT2D eigenvalue weighted by atomic mass is 10.1. The summed E-state index contributed by atoms with van der Waals surface area (Å²) in [5, 5.41) is 8.92. The average molecular weight is 318 g/mol. The predicted octanol–water partition coefficient (Wildman–Crippen LogP) is 2.07. The first-order chi connectivity index (χ1) is 10.5. The highest BCUT2D eigenvalue weighted by molar-refractivity contribution is 7.92. The Morgan fingerprint density at radius 2 is 1.95 bits per heavy atom. The Morgan fingerprint density at radius 3 is 2.50 bits per heavy atom. The molecule has 1 heterocycles. The predicted molar refractivity (Wildman–Crippen MR) is 80.0 cm³/mol. The van der Waals surface area contributed by atoms with E-state index in [1.54, 1.807) is 30.5 Å². The van der Waals surface area contributed by atoms with Crippen molar-refractivity contribution in [2.45, 2.75) is 17.2 Å². The Bertz CT molecular complexity index is 788. The Hall–Kier alpha value is -2.41. The number of carboxylic acid groups (broad SMARTS) is 1. The van der Waals surface area contributed by atoms with Gasteiger partial charge in [-0.2, -0.15) is 0 Å². The van der Waals surface area contributed by atoms with Crippen LogP contribution in [0.15, 0.2) is 53.7 Å². The molecular weight excluding hydrogens is 304 g/mol. The molecule has 6 nitrogen and oxygen atoms in total. The van der Waals surface area contributed by atoms with Crippen LogP contribution >= 0.6 is 0 Å². The zero-order chi connectivity index (χ0) is 15.7. The topological polar surface area (TPSA) is 96.4 Å². The number of aliphatic carboxylic acids is 1. The molecule has 114 valence electrons. The minimum Gasteiger partial charge on any atom is -0.481 e. The molecule has 3 rings (SSSR count). The van der Waals surface area contributed by atoms with Gasteiger partial charge in [-0.05, 0) is 42.2 Å². The molecule has 1 fully saturated rings. The monoisotopic (exact) mass is 318 g/mol. The zero-order valence-electron chi connectivity index (χ0n) is 11.5. The Morgan fingerprint density at radius 1 is 1.23 bits per heavy atom. The lowest BCUT2D eigenvalue weighted by molar-refractivity contribution is -0.138. The molecule has 1 aliphatic carbocycles. The maximum atomic E-state index is 12.2. The summed E-state index contributed by atoms with van der Waals surface area (Å²) in [5.41, 5.74) is 1.24. The van der Waals surface area contributed by atoms with E-state index in [-0.39, 0.29) is 16.7 Å². The molecule has 0 unspecified atom stereocenters. The second kappa shape index (κ2) is 5.42. The number of hydrogen-bond donors (Lipinski definition) is 2. The van der Waals surface area contributed by atoms with Gasteiger partial charge in [0, 0.05) is 6.20 Å². The largest absolute Gasteiger partial charge is 0.481 e. The lowest BCUT2D eigenvalue weighted by Crippen LogP contribution is -2.13. The number of pyridine rings is 1. The molecule has 0 saturated heterocycles. The molecule has 22 heavy (non-hydrogen) atoms. The Kier molecular flexibility index (Phi) is 3.58. The van der Waals surface area contributed by atoms with E-state index in [0.29, 0.717) is 12.1 Å². The standard InChI is InChI=1S/C15H14N2O4S/c18-15(19)14-8-13(14)10-3-5-12(6-4-10)22(20,21)17-11-2-1-7-16-9-11/h1-7,9,13-14,17H,8H2,(H,18,19)/t13-,14+/m0/s1. The van der Waals surface area contributed by atoms with Crippen LogP contribution in [-0.4, -0.2) is 24.5 Å². The third-order valence-corrected chi connectivity index (χ3v) is 5.04. The van der Waals surface area contributed by atoms with Gasteiger partial charge in [0.25, 0.3) is 10.0 Å². The molecule has 2 atom stereocenters. The number of aromatic nitrogens is 1. The Balaban J connectivity index is 1.76. The molecule has 1 aliphatic rings. The van der Waals surface area contributed by atoms with Crippen molar-refractivity contribution in [2.75, 3.05) is 4.72 Å². The molecule has 2 aromatic rings. The summed E-state index contributed by atoms with van der Waals surface area (Å²) in [6, 6.07) is 9.58. The molecule has 1 aromatic carbocycles. The van der Waals surface area contributed by atoms with Gasteiger partial charge in [0.15, 0.2) is 0 Å². The fourth-order valence-electron chi connectivity index (χ4n) is 2.37. The molecule has 0 aliphatic heterocycles. The fraction of sp³-hybridized carbons (Fsp3) is 0.200. The molecule has 0 radical (unpaired) electrons. The molecule has 0 amide bonds. The quantitative estimate of drug-likeness (QED) is 0.879. The number of hydrogen-bond acceptors (Lipinski definition) is 4. The second-order valence-electron chi connectivity index (χ2n) is 5.20. The van der Waals surface area contributed by atoms with Crippen LogP contribution in [0.4, 0.5) is 5.69 Å². The van der Waals surface area contributed by atoms with Crippen LogP contribution in [0.1, 0.15) is 17.9 Å². The summed E-state index contributed by atoms with van der Waals surface area (Å²) in [7, 11) is -3.67. The van der Waals surface area contributed by atoms with E-state index in [0.717, 1.165) is 5.56 Å². The van der Waals surface area contributed by atoms with Gasteiger partial charge >= 0.3 is 5.97 Å². The van der Waals surface area contributed by atoms with Gasteiger partial charge in [-0.15, -0.1) is 0 Å². The number of benzene rings is 1. The van der Waals surface area contributed by atoms with E-state index >= 15 is 0 Å². The van der Waals surface area contributed by atoms with E-state index in [9.17, 15) is 13.2 Å². The van der Waals surface area contributed by atoms with Crippen LogP contribution < -0.4 is 4.72 Å². The summed E-state index contributed by atoms with van der Waals surface area (Å²) in [6.45, 7) is 0. The van der Waals surface area contributed by atoms with Crippen molar-refractivity contribution in [3.05, 3.63) is 54.4 Å². The molecule has 0 bridgehead atoms. The summed E-state index contributed by atoms with van der Waals surface area (Å²) >= 11 is 0. The molecule has 1 aromatic heterocycles.